The van der Waals surface area contributed by atoms with Gasteiger partial charge in [0.15, 0.2) is 0 Å². The molecule has 0 aromatic rings. The summed E-state index contributed by atoms with van der Waals surface area (Å²) < 4.78 is 10.6. The van der Waals surface area contributed by atoms with Gasteiger partial charge in [0.1, 0.15) is 0 Å². The van der Waals surface area contributed by atoms with Crippen LogP contribution < -0.4 is 0 Å². The number of carboxylic acids is 1. The molecule has 4 heteroatoms. The molecule has 0 saturated heterocycles. The largest absolute Gasteiger partial charge is 0.481 e. The highest BCUT2D eigenvalue weighted by Crippen LogP contribution is 2.15. The molecule has 0 spiro atoms. The average Bonchev–Trinajstić information content (AvgIpc) is 1.60. The molecule has 1 unspecified atom stereocenters. The van der Waals surface area contributed by atoms with Gasteiger partial charge in [-0.05, 0) is 13.8 Å². The second-order valence-electron chi connectivity index (χ2n) is 2.91. The van der Waals surface area contributed by atoms with Crippen LogP contribution in [-0.4, -0.2) is 27.3 Å². The second-order valence-corrected chi connectivity index (χ2v) is 4.34. The Bertz CT molecular complexity index is 162. The first-order chi connectivity index (χ1) is 4.36. The van der Waals surface area contributed by atoms with Crippen molar-refractivity contribution in [3.63, 3.8) is 0 Å². The van der Waals surface area contributed by atoms with Gasteiger partial charge in [-0.25, -0.2) is 0 Å². The Balaban J connectivity index is 4.13. The second kappa shape index (κ2) is 3.14. The average molecular weight is 164 g/mol. The maximum absolute atomic E-state index is 10.6. The van der Waals surface area contributed by atoms with E-state index in [1.165, 1.54) is 6.26 Å². The topological polar surface area (TPSA) is 54.4 Å². The predicted octanol–water partition coefficient (Wildman–Crippen LogP) is 0.476. The van der Waals surface area contributed by atoms with Crippen molar-refractivity contribution in [1.29, 1.82) is 0 Å². The van der Waals surface area contributed by atoms with Gasteiger partial charge in [-0.1, -0.05) is 0 Å². The standard InChI is InChI=1S/C6H12O3S/c1-6(2,5(7)8)4-10(3)9/h4H2,1-3H3,(H,7,8). The number of hydrogen-bond acceptors (Lipinski definition) is 2. The lowest BCUT2D eigenvalue weighted by atomic mass is 9.97. The Morgan fingerprint density at radius 1 is 1.60 bits per heavy atom. The molecule has 1 N–H and O–H groups in total. The highest BCUT2D eigenvalue weighted by atomic mass is 32.2. The molecule has 0 aliphatic heterocycles. The summed E-state index contributed by atoms with van der Waals surface area (Å²) in [6.07, 6.45) is 1.50. The maximum atomic E-state index is 10.6. The number of carbonyl (C=O) groups is 1. The summed E-state index contributed by atoms with van der Waals surface area (Å²) in [5, 5.41) is 8.56. The smallest absolute Gasteiger partial charge is 0.310 e. The summed E-state index contributed by atoms with van der Waals surface area (Å²) in [6.45, 7) is 3.13. The van der Waals surface area contributed by atoms with E-state index in [0.717, 1.165) is 0 Å². The molecule has 10 heavy (non-hydrogen) atoms. The highest BCUT2D eigenvalue weighted by Gasteiger charge is 2.27. The Labute approximate surface area is 62.9 Å². The summed E-state index contributed by atoms with van der Waals surface area (Å²) in [5.74, 6) is -0.690. The van der Waals surface area contributed by atoms with Gasteiger partial charge in [-0.2, -0.15) is 0 Å². The molecule has 3 nitrogen and oxygen atoms in total. The van der Waals surface area contributed by atoms with E-state index in [2.05, 4.69) is 0 Å². The van der Waals surface area contributed by atoms with Crippen molar-refractivity contribution in [1.82, 2.24) is 0 Å². The van der Waals surface area contributed by atoms with Crippen molar-refractivity contribution in [2.75, 3.05) is 12.0 Å². The normalized spacial score (nSPS) is 14.7. The molecule has 0 saturated carbocycles. The van der Waals surface area contributed by atoms with Crippen molar-refractivity contribution >= 4 is 16.8 Å². The summed E-state index contributed by atoms with van der Waals surface area (Å²) in [7, 11) is -1.04. The summed E-state index contributed by atoms with van der Waals surface area (Å²) >= 11 is 0. The molecule has 0 fully saturated rings. The first-order valence-electron chi connectivity index (χ1n) is 2.89. The van der Waals surface area contributed by atoms with Crippen molar-refractivity contribution < 1.29 is 14.1 Å². The van der Waals surface area contributed by atoms with Crippen LogP contribution in [0.5, 0.6) is 0 Å². The minimum atomic E-state index is -1.04. The Kier molecular flexibility index (Phi) is 3.02. The summed E-state index contributed by atoms with van der Waals surface area (Å²) in [5.41, 5.74) is -0.861. The number of carboxylic acid groups (broad SMARTS) is 1. The minimum Gasteiger partial charge on any atom is -0.481 e. The van der Waals surface area contributed by atoms with Gasteiger partial charge in [0.25, 0.3) is 0 Å². The lowest BCUT2D eigenvalue weighted by Gasteiger charge is -2.16. The van der Waals surface area contributed by atoms with E-state index in [4.69, 9.17) is 5.11 Å². The molecule has 1 atom stereocenters. The molecule has 0 radical (unpaired) electrons. The van der Waals surface area contributed by atoms with Crippen LogP contribution >= 0.6 is 0 Å². The highest BCUT2D eigenvalue weighted by molar-refractivity contribution is 7.84. The molecule has 0 heterocycles. The zero-order chi connectivity index (χ0) is 8.36. The van der Waals surface area contributed by atoms with E-state index >= 15 is 0 Å². The Hall–Kier alpha value is -0.380. The Morgan fingerprint density at radius 3 is 2.10 bits per heavy atom. The fraction of sp³-hybridized carbons (Fsp3) is 0.833. The van der Waals surface area contributed by atoms with E-state index in [1.54, 1.807) is 13.8 Å². The molecule has 0 aliphatic rings. The third kappa shape index (κ3) is 2.96. The van der Waals surface area contributed by atoms with E-state index in [0.29, 0.717) is 0 Å². The molecular formula is C6H12O3S. The maximum Gasteiger partial charge on any atom is 0.310 e. The first-order valence-corrected chi connectivity index (χ1v) is 4.62. The van der Waals surface area contributed by atoms with Gasteiger partial charge in [-0.15, -0.1) is 0 Å². The zero-order valence-corrected chi connectivity index (χ0v) is 7.20. The lowest BCUT2D eigenvalue weighted by Crippen LogP contribution is -2.29. The third-order valence-corrected chi connectivity index (χ3v) is 2.27. The van der Waals surface area contributed by atoms with Crippen LogP contribution in [0.4, 0.5) is 0 Å². The van der Waals surface area contributed by atoms with Gasteiger partial charge in [-0.3, -0.25) is 9.00 Å². The van der Waals surface area contributed by atoms with Crippen LogP contribution in [0.1, 0.15) is 13.8 Å². The summed E-state index contributed by atoms with van der Waals surface area (Å²) in [6, 6.07) is 0. The van der Waals surface area contributed by atoms with Crippen LogP contribution in [0.25, 0.3) is 0 Å². The number of aliphatic carboxylic acids is 1. The van der Waals surface area contributed by atoms with E-state index in [-0.39, 0.29) is 5.75 Å². The van der Waals surface area contributed by atoms with E-state index in [1.807, 2.05) is 0 Å². The van der Waals surface area contributed by atoms with Crippen molar-refractivity contribution in [3.05, 3.63) is 0 Å². The first kappa shape index (κ1) is 9.62. The number of hydrogen-bond donors (Lipinski definition) is 1. The van der Waals surface area contributed by atoms with Crippen molar-refractivity contribution in [2.24, 2.45) is 5.41 Å². The van der Waals surface area contributed by atoms with Crippen molar-refractivity contribution in [2.45, 2.75) is 13.8 Å². The molecule has 0 bridgehead atoms. The minimum absolute atomic E-state index is 0.211. The fourth-order valence-corrected chi connectivity index (χ4v) is 1.71. The predicted molar refractivity (Wildman–Crippen MR) is 40.4 cm³/mol. The van der Waals surface area contributed by atoms with Gasteiger partial charge in [0.2, 0.25) is 0 Å². The molecular weight excluding hydrogens is 152 g/mol. The van der Waals surface area contributed by atoms with Gasteiger partial charge in [0.05, 0.1) is 5.41 Å². The Morgan fingerprint density at radius 2 is 2.00 bits per heavy atom. The molecule has 0 aromatic carbocycles. The molecule has 0 aromatic heterocycles. The fourth-order valence-electron chi connectivity index (χ4n) is 0.570. The number of rotatable bonds is 3. The summed E-state index contributed by atoms with van der Waals surface area (Å²) in [4.78, 5) is 10.4. The SMILES string of the molecule is CS(=O)CC(C)(C)C(=O)O. The molecule has 0 rings (SSSR count). The van der Waals surface area contributed by atoms with Crippen molar-refractivity contribution in [3.8, 4) is 0 Å². The van der Waals surface area contributed by atoms with Gasteiger partial charge >= 0.3 is 5.97 Å². The quantitative estimate of drug-likeness (QED) is 0.660. The van der Waals surface area contributed by atoms with Crippen LogP contribution in [0.15, 0.2) is 0 Å². The monoisotopic (exact) mass is 164 g/mol. The molecule has 0 aliphatic carbocycles. The van der Waals surface area contributed by atoms with Gasteiger partial charge < -0.3 is 5.11 Å². The van der Waals surface area contributed by atoms with Gasteiger partial charge in [0, 0.05) is 22.8 Å². The van der Waals surface area contributed by atoms with Crippen LogP contribution in [0.2, 0.25) is 0 Å². The van der Waals surface area contributed by atoms with E-state index < -0.39 is 22.2 Å². The van der Waals surface area contributed by atoms with Crippen LogP contribution in [0.3, 0.4) is 0 Å². The third-order valence-electron chi connectivity index (χ3n) is 1.14. The van der Waals surface area contributed by atoms with Crippen LogP contribution in [-0.2, 0) is 15.6 Å². The molecule has 60 valence electrons. The molecule has 0 amide bonds. The zero-order valence-electron chi connectivity index (χ0n) is 6.38. The van der Waals surface area contributed by atoms with Crippen LogP contribution in [0, 0.1) is 5.41 Å². The van der Waals surface area contributed by atoms with E-state index in [9.17, 15) is 9.00 Å². The lowest BCUT2D eigenvalue weighted by molar-refractivity contribution is -0.145.